The predicted molar refractivity (Wildman–Crippen MR) is 72.5 cm³/mol. The molecule has 0 spiro atoms. The van der Waals surface area contributed by atoms with Crippen LogP contribution >= 0.6 is 0 Å². The normalized spacial score (nSPS) is 20.8. The summed E-state index contributed by atoms with van der Waals surface area (Å²) in [7, 11) is 1.69. The fraction of sp³-hybridized carbons (Fsp3) is 0.786. The summed E-state index contributed by atoms with van der Waals surface area (Å²) in [6, 6.07) is 2.69. The van der Waals surface area contributed by atoms with E-state index in [0.29, 0.717) is 12.6 Å². The maximum absolute atomic E-state index is 6.17. The van der Waals surface area contributed by atoms with Crippen molar-refractivity contribution < 1.29 is 4.74 Å². The van der Waals surface area contributed by atoms with Crippen LogP contribution in [-0.2, 0) is 11.2 Å². The van der Waals surface area contributed by atoms with Gasteiger partial charge in [0.15, 0.2) is 0 Å². The highest BCUT2D eigenvalue weighted by molar-refractivity contribution is 5.05. The Morgan fingerprint density at radius 1 is 1.44 bits per heavy atom. The number of ether oxygens (including phenoxy) is 1. The summed E-state index contributed by atoms with van der Waals surface area (Å²) >= 11 is 0. The molecule has 1 saturated carbocycles. The van der Waals surface area contributed by atoms with Gasteiger partial charge in [0.05, 0.1) is 18.3 Å². The molecule has 1 aliphatic rings. The number of nitrogens with zero attached hydrogens (tertiary/aromatic N) is 2. The molecule has 0 amide bonds. The van der Waals surface area contributed by atoms with Gasteiger partial charge < -0.3 is 10.5 Å². The van der Waals surface area contributed by atoms with Crippen molar-refractivity contribution in [2.75, 3.05) is 13.7 Å². The van der Waals surface area contributed by atoms with Crippen LogP contribution in [0.5, 0.6) is 0 Å². The lowest BCUT2D eigenvalue weighted by atomic mass is 9.96. The third kappa shape index (κ3) is 3.56. The van der Waals surface area contributed by atoms with E-state index >= 15 is 0 Å². The van der Waals surface area contributed by atoms with Crippen molar-refractivity contribution in [3.63, 3.8) is 0 Å². The summed E-state index contributed by atoms with van der Waals surface area (Å²) in [5.74, 6) is 0. The van der Waals surface area contributed by atoms with E-state index in [1.165, 1.54) is 32.1 Å². The predicted octanol–water partition coefficient (Wildman–Crippen LogP) is 2.29. The monoisotopic (exact) mass is 251 g/mol. The standard InChI is InChI=1S/C14H25N3O/c1-14(15,11-18-2)10-12-8-9-17(16-12)13-6-4-3-5-7-13/h8-9,13H,3-7,10-11,15H2,1-2H3. The zero-order valence-electron chi connectivity index (χ0n) is 11.6. The number of hydrogen-bond acceptors (Lipinski definition) is 3. The van der Waals surface area contributed by atoms with E-state index in [2.05, 4.69) is 22.0 Å². The fourth-order valence-corrected chi connectivity index (χ4v) is 2.82. The molecule has 1 aromatic heterocycles. The Morgan fingerprint density at radius 2 is 2.17 bits per heavy atom. The molecule has 2 N–H and O–H groups in total. The zero-order valence-corrected chi connectivity index (χ0v) is 11.6. The van der Waals surface area contributed by atoms with E-state index in [9.17, 15) is 0 Å². The van der Waals surface area contributed by atoms with Gasteiger partial charge in [-0.25, -0.2) is 0 Å². The molecule has 1 aliphatic carbocycles. The Labute approximate surface area is 110 Å². The van der Waals surface area contributed by atoms with Crippen molar-refractivity contribution >= 4 is 0 Å². The van der Waals surface area contributed by atoms with Crippen molar-refractivity contribution in [1.29, 1.82) is 0 Å². The minimum atomic E-state index is -0.333. The molecular weight excluding hydrogens is 226 g/mol. The van der Waals surface area contributed by atoms with Crippen LogP contribution in [0.4, 0.5) is 0 Å². The molecule has 4 heteroatoms. The molecule has 1 fully saturated rings. The molecule has 1 unspecified atom stereocenters. The van der Waals surface area contributed by atoms with Crippen LogP contribution < -0.4 is 5.73 Å². The largest absolute Gasteiger partial charge is 0.383 e. The van der Waals surface area contributed by atoms with Gasteiger partial charge in [-0.2, -0.15) is 5.10 Å². The highest BCUT2D eigenvalue weighted by atomic mass is 16.5. The van der Waals surface area contributed by atoms with Crippen molar-refractivity contribution in [3.05, 3.63) is 18.0 Å². The topological polar surface area (TPSA) is 53.1 Å². The van der Waals surface area contributed by atoms with Gasteiger partial charge in [0, 0.05) is 25.3 Å². The molecule has 4 nitrogen and oxygen atoms in total. The van der Waals surface area contributed by atoms with Gasteiger partial charge >= 0.3 is 0 Å². The average Bonchev–Trinajstić information content (AvgIpc) is 2.77. The van der Waals surface area contributed by atoms with Gasteiger partial charge in [-0.15, -0.1) is 0 Å². The van der Waals surface area contributed by atoms with Crippen molar-refractivity contribution in [3.8, 4) is 0 Å². The number of rotatable bonds is 5. The highest BCUT2D eigenvalue weighted by Crippen LogP contribution is 2.27. The van der Waals surface area contributed by atoms with Crippen LogP contribution in [0.2, 0.25) is 0 Å². The second-order valence-corrected chi connectivity index (χ2v) is 5.84. The first-order valence-electron chi connectivity index (χ1n) is 6.92. The van der Waals surface area contributed by atoms with E-state index in [1.807, 2.05) is 6.92 Å². The Hall–Kier alpha value is -0.870. The summed E-state index contributed by atoms with van der Waals surface area (Å²) in [6.07, 6.45) is 9.43. The molecule has 1 atom stereocenters. The van der Waals surface area contributed by atoms with Crippen LogP contribution in [0.15, 0.2) is 12.3 Å². The second-order valence-electron chi connectivity index (χ2n) is 5.84. The lowest BCUT2D eigenvalue weighted by Gasteiger charge is -2.23. The van der Waals surface area contributed by atoms with Gasteiger partial charge in [-0.1, -0.05) is 19.3 Å². The lowest BCUT2D eigenvalue weighted by Crippen LogP contribution is -2.43. The molecule has 1 heterocycles. The van der Waals surface area contributed by atoms with Crippen LogP contribution in [-0.4, -0.2) is 29.0 Å². The zero-order chi connectivity index (χ0) is 13.0. The smallest absolute Gasteiger partial charge is 0.0643 e. The van der Waals surface area contributed by atoms with E-state index in [4.69, 9.17) is 10.5 Å². The Morgan fingerprint density at radius 3 is 2.83 bits per heavy atom. The minimum Gasteiger partial charge on any atom is -0.383 e. The third-order valence-electron chi connectivity index (χ3n) is 3.67. The van der Waals surface area contributed by atoms with E-state index in [0.717, 1.165) is 12.1 Å². The Kier molecular flexibility index (Phi) is 4.40. The number of methoxy groups -OCH3 is 1. The molecule has 0 aromatic carbocycles. The van der Waals surface area contributed by atoms with Crippen molar-refractivity contribution in [2.24, 2.45) is 5.73 Å². The van der Waals surface area contributed by atoms with Crippen LogP contribution in [0.25, 0.3) is 0 Å². The van der Waals surface area contributed by atoms with Gasteiger partial charge in [0.1, 0.15) is 0 Å². The highest BCUT2D eigenvalue weighted by Gasteiger charge is 2.21. The number of nitrogens with two attached hydrogens (primary N) is 1. The van der Waals surface area contributed by atoms with Crippen LogP contribution in [0.3, 0.4) is 0 Å². The van der Waals surface area contributed by atoms with Gasteiger partial charge in [0.25, 0.3) is 0 Å². The molecule has 2 rings (SSSR count). The summed E-state index contributed by atoms with van der Waals surface area (Å²) in [4.78, 5) is 0. The van der Waals surface area contributed by atoms with E-state index < -0.39 is 0 Å². The molecule has 0 bridgehead atoms. The summed E-state index contributed by atoms with van der Waals surface area (Å²) in [5, 5.41) is 4.68. The Balaban J connectivity index is 1.97. The molecular formula is C14H25N3O. The third-order valence-corrected chi connectivity index (χ3v) is 3.67. The SMILES string of the molecule is COCC(C)(N)Cc1ccn(C2CCCCC2)n1. The minimum absolute atomic E-state index is 0.333. The lowest BCUT2D eigenvalue weighted by molar-refractivity contribution is 0.140. The first-order chi connectivity index (χ1) is 8.61. The molecule has 0 aliphatic heterocycles. The summed E-state index contributed by atoms with van der Waals surface area (Å²) in [5.41, 5.74) is 6.91. The molecule has 0 radical (unpaired) electrons. The quantitative estimate of drug-likeness (QED) is 0.873. The van der Waals surface area contributed by atoms with Gasteiger partial charge in [0.2, 0.25) is 0 Å². The first kappa shape index (κ1) is 13.6. The summed E-state index contributed by atoms with van der Waals surface area (Å²) in [6.45, 7) is 2.57. The number of hydrogen-bond donors (Lipinski definition) is 1. The van der Waals surface area contributed by atoms with Gasteiger partial charge in [-0.05, 0) is 25.8 Å². The molecule has 0 saturated heterocycles. The maximum Gasteiger partial charge on any atom is 0.0643 e. The van der Waals surface area contributed by atoms with E-state index in [1.54, 1.807) is 7.11 Å². The average molecular weight is 251 g/mol. The van der Waals surface area contributed by atoms with E-state index in [-0.39, 0.29) is 5.54 Å². The maximum atomic E-state index is 6.17. The van der Waals surface area contributed by atoms with Crippen molar-refractivity contribution in [1.82, 2.24) is 9.78 Å². The molecule has 1 aromatic rings. The summed E-state index contributed by atoms with van der Waals surface area (Å²) < 4.78 is 7.28. The molecule has 18 heavy (non-hydrogen) atoms. The fourth-order valence-electron chi connectivity index (χ4n) is 2.82. The number of aromatic nitrogens is 2. The van der Waals surface area contributed by atoms with Crippen LogP contribution in [0.1, 0.15) is 50.8 Å². The van der Waals surface area contributed by atoms with Gasteiger partial charge in [-0.3, -0.25) is 4.68 Å². The second kappa shape index (κ2) is 5.85. The van der Waals surface area contributed by atoms with Crippen LogP contribution in [0, 0.1) is 0 Å². The first-order valence-corrected chi connectivity index (χ1v) is 6.92. The van der Waals surface area contributed by atoms with Crippen molar-refractivity contribution in [2.45, 2.75) is 57.0 Å². The molecule has 102 valence electrons. The Bertz CT molecular complexity index is 367.